The molecule has 1 aromatic rings. The van der Waals surface area contributed by atoms with Crippen molar-refractivity contribution in [3.63, 3.8) is 0 Å². The summed E-state index contributed by atoms with van der Waals surface area (Å²) < 4.78 is 6.45. The minimum atomic E-state index is 0.510. The topological polar surface area (TPSA) is 21.3 Å². The number of thiophene rings is 1. The molecule has 1 fully saturated rings. The zero-order chi connectivity index (χ0) is 11.9. The molecule has 1 atom stereocenters. The number of ether oxygens (including phenoxy) is 1. The smallest absolute Gasteiger partial charge is 0.0931 e. The summed E-state index contributed by atoms with van der Waals surface area (Å²) in [5.41, 5.74) is 0. The fraction of sp³-hybridized carbons (Fsp3) is 0.667. The quantitative estimate of drug-likeness (QED) is 0.778. The molecule has 96 valence electrons. The Morgan fingerprint density at radius 3 is 3.18 bits per heavy atom. The van der Waals surface area contributed by atoms with Crippen molar-refractivity contribution in [2.45, 2.75) is 25.5 Å². The number of rotatable bonds is 7. The van der Waals surface area contributed by atoms with Crippen LogP contribution in [0.4, 0.5) is 0 Å². The van der Waals surface area contributed by atoms with Crippen LogP contribution in [0.5, 0.6) is 0 Å². The van der Waals surface area contributed by atoms with E-state index in [0.717, 1.165) is 35.5 Å². The van der Waals surface area contributed by atoms with E-state index in [2.05, 4.69) is 11.4 Å². The Kier molecular flexibility index (Phi) is 6.15. The summed E-state index contributed by atoms with van der Waals surface area (Å²) >= 11 is 9.50. The van der Waals surface area contributed by atoms with Gasteiger partial charge in [0.1, 0.15) is 0 Å². The number of nitrogens with one attached hydrogen (secondary N) is 1. The van der Waals surface area contributed by atoms with Gasteiger partial charge in [-0.2, -0.15) is 11.8 Å². The third-order valence-electron chi connectivity index (χ3n) is 2.68. The van der Waals surface area contributed by atoms with E-state index >= 15 is 0 Å². The number of thioether (sulfide) groups is 1. The van der Waals surface area contributed by atoms with Crippen molar-refractivity contribution >= 4 is 34.7 Å². The molecule has 0 amide bonds. The maximum absolute atomic E-state index is 5.87. The third-order valence-corrected chi connectivity index (χ3v) is 5.01. The predicted molar refractivity (Wildman–Crippen MR) is 77.3 cm³/mol. The van der Waals surface area contributed by atoms with Crippen molar-refractivity contribution in [3.05, 3.63) is 21.3 Å². The van der Waals surface area contributed by atoms with Crippen molar-refractivity contribution in [2.24, 2.45) is 0 Å². The first-order valence-corrected chi connectivity index (χ1v) is 8.34. The summed E-state index contributed by atoms with van der Waals surface area (Å²) in [5.74, 6) is 2.30. The molecule has 1 aliphatic rings. The van der Waals surface area contributed by atoms with E-state index in [1.165, 1.54) is 17.7 Å². The van der Waals surface area contributed by atoms with Crippen LogP contribution in [0.15, 0.2) is 12.1 Å². The molecule has 0 aliphatic carbocycles. The highest BCUT2D eigenvalue weighted by Crippen LogP contribution is 2.21. The lowest BCUT2D eigenvalue weighted by molar-refractivity contribution is 0.129. The van der Waals surface area contributed by atoms with Gasteiger partial charge in [-0.3, -0.25) is 0 Å². The Labute approximate surface area is 116 Å². The maximum Gasteiger partial charge on any atom is 0.0931 e. The van der Waals surface area contributed by atoms with Crippen molar-refractivity contribution in [3.8, 4) is 0 Å². The van der Waals surface area contributed by atoms with Gasteiger partial charge in [-0.1, -0.05) is 11.6 Å². The molecule has 5 heteroatoms. The second-order valence-corrected chi connectivity index (χ2v) is 7.04. The summed E-state index contributed by atoms with van der Waals surface area (Å²) in [6, 6.07) is 4.04. The van der Waals surface area contributed by atoms with Gasteiger partial charge < -0.3 is 10.1 Å². The molecular formula is C12H18ClNOS2. The molecule has 0 aromatic carbocycles. The second-order valence-electron chi connectivity index (χ2n) is 4.09. The molecule has 0 spiro atoms. The molecule has 2 rings (SSSR count). The van der Waals surface area contributed by atoms with Crippen molar-refractivity contribution in [1.82, 2.24) is 5.32 Å². The molecule has 1 N–H and O–H groups in total. The Bertz CT molecular complexity index is 326. The zero-order valence-electron chi connectivity index (χ0n) is 9.78. The van der Waals surface area contributed by atoms with Gasteiger partial charge in [-0.05, 0) is 25.0 Å². The standard InChI is InChI=1S/C12H18ClNOS2/c13-12-4-3-11(17-12)8-14-5-7-16-9-10-2-1-6-15-10/h3-4,10,14H,1-2,5-9H2. The van der Waals surface area contributed by atoms with Gasteiger partial charge >= 0.3 is 0 Å². The van der Waals surface area contributed by atoms with Crippen LogP contribution in [0.3, 0.4) is 0 Å². The van der Waals surface area contributed by atoms with Crippen LogP contribution in [-0.4, -0.2) is 30.8 Å². The van der Waals surface area contributed by atoms with Gasteiger partial charge in [0.15, 0.2) is 0 Å². The lowest BCUT2D eigenvalue weighted by Gasteiger charge is -2.08. The molecule has 2 heterocycles. The summed E-state index contributed by atoms with van der Waals surface area (Å²) in [6.45, 7) is 2.94. The van der Waals surface area contributed by atoms with E-state index in [0.29, 0.717) is 6.10 Å². The molecule has 1 unspecified atom stereocenters. The van der Waals surface area contributed by atoms with Gasteiger partial charge in [0.2, 0.25) is 0 Å². The Hall–Kier alpha value is 0.260. The number of halogens is 1. The van der Waals surface area contributed by atoms with Gasteiger partial charge in [-0.15, -0.1) is 11.3 Å². The summed E-state index contributed by atoms with van der Waals surface area (Å²) in [5, 5.41) is 3.43. The van der Waals surface area contributed by atoms with E-state index < -0.39 is 0 Å². The van der Waals surface area contributed by atoms with Gasteiger partial charge in [-0.25, -0.2) is 0 Å². The van der Waals surface area contributed by atoms with E-state index in [1.54, 1.807) is 11.3 Å². The monoisotopic (exact) mass is 291 g/mol. The van der Waals surface area contributed by atoms with Crippen molar-refractivity contribution in [1.29, 1.82) is 0 Å². The van der Waals surface area contributed by atoms with Gasteiger partial charge in [0.05, 0.1) is 10.4 Å². The third kappa shape index (κ3) is 5.18. The number of hydrogen-bond donors (Lipinski definition) is 1. The normalized spacial score (nSPS) is 19.9. The van der Waals surface area contributed by atoms with E-state index in [1.807, 2.05) is 17.8 Å². The summed E-state index contributed by atoms with van der Waals surface area (Å²) in [7, 11) is 0. The molecule has 17 heavy (non-hydrogen) atoms. The van der Waals surface area contributed by atoms with Gasteiger partial charge in [0, 0.05) is 36.1 Å². The fourth-order valence-corrected chi connectivity index (χ4v) is 3.83. The minimum Gasteiger partial charge on any atom is -0.377 e. The first-order chi connectivity index (χ1) is 8.34. The van der Waals surface area contributed by atoms with E-state index in [9.17, 15) is 0 Å². The molecular weight excluding hydrogens is 274 g/mol. The Morgan fingerprint density at radius 2 is 2.47 bits per heavy atom. The molecule has 1 saturated heterocycles. The molecule has 0 saturated carbocycles. The molecule has 1 aliphatic heterocycles. The molecule has 1 aromatic heterocycles. The first kappa shape index (κ1) is 13.7. The van der Waals surface area contributed by atoms with Crippen LogP contribution in [0.1, 0.15) is 17.7 Å². The lowest BCUT2D eigenvalue weighted by Crippen LogP contribution is -2.17. The van der Waals surface area contributed by atoms with Crippen LogP contribution in [-0.2, 0) is 11.3 Å². The van der Waals surface area contributed by atoms with Gasteiger partial charge in [0.25, 0.3) is 0 Å². The molecule has 2 nitrogen and oxygen atoms in total. The predicted octanol–water partition coefficient (Wildman–Crippen LogP) is 3.40. The fourth-order valence-electron chi connectivity index (χ4n) is 1.79. The average molecular weight is 292 g/mol. The zero-order valence-corrected chi connectivity index (χ0v) is 12.2. The average Bonchev–Trinajstić information content (AvgIpc) is 2.95. The van der Waals surface area contributed by atoms with Crippen LogP contribution in [0.25, 0.3) is 0 Å². The highest BCUT2D eigenvalue weighted by Gasteiger charge is 2.14. The largest absolute Gasteiger partial charge is 0.377 e. The van der Waals surface area contributed by atoms with E-state index in [-0.39, 0.29) is 0 Å². The van der Waals surface area contributed by atoms with Crippen LogP contribution in [0.2, 0.25) is 4.34 Å². The van der Waals surface area contributed by atoms with Crippen LogP contribution in [0, 0.1) is 0 Å². The van der Waals surface area contributed by atoms with Crippen molar-refractivity contribution in [2.75, 3.05) is 24.7 Å². The van der Waals surface area contributed by atoms with E-state index in [4.69, 9.17) is 16.3 Å². The van der Waals surface area contributed by atoms with Crippen LogP contribution >= 0.6 is 34.7 Å². The summed E-state index contributed by atoms with van der Waals surface area (Å²) in [6.07, 6.45) is 2.99. The highest BCUT2D eigenvalue weighted by molar-refractivity contribution is 7.99. The highest BCUT2D eigenvalue weighted by atomic mass is 35.5. The summed E-state index contributed by atoms with van der Waals surface area (Å²) in [4.78, 5) is 1.30. The Morgan fingerprint density at radius 1 is 1.53 bits per heavy atom. The lowest BCUT2D eigenvalue weighted by atomic mass is 10.3. The maximum atomic E-state index is 5.87. The SMILES string of the molecule is Clc1ccc(CNCCSCC2CCCO2)s1. The minimum absolute atomic E-state index is 0.510. The second kappa shape index (κ2) is 7.64. The number of hydrogen-bond acceptors (Lipinski definition) is 4. The van der Waals surface area contributed by atoms with Crippen molar-refractivity contribution < 1.29 is 4.74 Å². The Balaban J connectivity index is 1.46. The molecule has 0 bridgehead atoms. The molecule has 0 radical (unpaired) electrons. The first-order valence-electron chi connectivity index (χ1n) is 5.99. The van der Waals surface area contributed by atoms with Crippen LogP contribution < -0.4 is 5.32 Å².